The highest BCUT2D eigenvalue weighted by atomic mass is 19.4. The third-order valence-corrected chi connectivity index (χ3v) is 5.96. The molecule has 2 aliphatic rings. The van der Waals surface area contributed by atoms with Crippen LogP contribution in [0.5, 0.6) is 0 Å². The van der Waals surface area contributed by atoms with Crippen LogP contribution in [0.4, 0.5) is 22.4 Å². The fourth-order valence-electron chi connectivity index (χ4n) is 4.34. The van der Waals surface area contributed by atoms with E-state index < -0.39 is 36.0 Å². The molecular weight excluding hydrogens is 408 g/mol. The number of hydrogen-bond donors (Lipinski definition) is 1. The van der Waals surface area contributed by atoms with Crippen LogP contribution < -0.4 is 0 Å². The molecule has 3 heterocycles. The largest absolute Gasteiger partial charge is 0.465 e. The van der Waals surface area contributed by atoms with Gasteiger partial charge in [-0.15, -0.1) is 0 Å². The topological polar surface area (TPSA) is 80.0 Å². The van der Waals surface area contributed by atoms with Crippen LogP contribution in [0.15, 0.2) is 6.07 Å². The number of aryl methyl sites for hydroxylation is 1. The molecule has 164 valence electrons. The predicted octanol–water partition coefficient (Wildman–Crippen LogP) is 4.06. The fraction of sp³-hybridized carbons (Fsp3) is 0.632. The van der Waals surface area contributed by atoms with Crippen molar-refractivity contribution in [1.82, 2.24) is 19.5 Å². The van der Waals surface area contributed by atoms with Gasteiger partial charge in [0.25, 0.3) is 0 Å². The Morgan fingerprint density at radius 2 is 1.97 bits per heavy atom. The Labute approximate surface area is 169 Å². The average molecular weight is 430 g/mol. The first-order valence-corrected chi connectivity index (χ1v) is 9.87. The summed E-state index contributed by atoms with van der Waals surface area (Å²) in [6.45, 7) is 2.18. The van der Waals surface area contributed by atoms with Gasteiger partial charge in [0.1, 0.15) is 11.8 Å². The van der Waals surface area contributed by atoms with Crippen LogP contribution in [0.2, 0.25) is 0 Å². The van der Waals surface area contributed by atoms with E-state index in [1.807, 2.05) is 0 Å². The van der Waals surface area contributed by atoms with Crippen LogP contribution in [0.25, 0.3) is 5.65 Å². The molecule has 1 atom stereocenters. The molecular formula is C19H22F4N4O3. The predicted molar refractivity (Wildman–Crippen MR) is 96.7 cm³/mol. The molecule has 0 aromatic carbocycles. The zero-order valence-electron chi connectivity index (χ0n) is 16.3. The maximum atomic E-state index is 15.2. The SMILES string of the molecule is Cc1cc([C@H]2CN(C(=O)O)CCO2)n2nc([C@H]3CC[C@H](C(F)(F)F)CC3)c(F)c2n1. The molecule has 1 N–H and O–H groups in total. The van der Waals surface area contributed by atoms with Crippen molar-refractivity contribution in [1.29, 1.82) is 0 Å². The summed E-state index contributed by atoms with van der Waals surface area (Å²) >= 11 is 0. The number of carbonyl (C=O) groups is 1. The Kier molecular flexibility index (Phi) is 5.33. The van der Waals surface area contributed by atoms with Crippen LogP contribution >= 0.6 is 0 Å². The minimum Gasteiger partial charge on any atom is -0.465 e. The Bertz CT molecular complexity index is 953. The summed E-state index contributed by atoms with van der Waals surface area (Å²) in [5, 5.41) is 13.6. The van der Waals surface area contributed by atoms with E-state index in [1.165, 1.54) is 9.42 Å². The molecule has 11 heteroatoms. The molecule has 1 saturated carbocycles. The van der Waals surface area contributed by atoms with Gasteiger partial charge in [-0.3, -0.25) is 0 Å². The lowest BCUT2D eigenvalue weighted by Gasteiger charge is -2.31. The standard InChI is InChI=1S/C19H22F4N4O3/c1-10-8-13(14-9-26(18(28)29)6-7-30-14)27-17(24-10)15(20)16(25-27)11-2-4-12(5-3-11)19(21,22)23/h8,11-12,14H,2-7,9H2,1H3,(H,28,29)/t11-,12-,14-/m1/s1. The summed E-state index contributed by atoms with van der Waals surface area (Å²) in [5.74, 6) is -2.41. The summed E-state index contributed by atoms with van der Waals surface area (Å²) in [6, 6.07) is 1.67. The lowest BCUT2D eigenvalue weighted by Crippen LogP contribution is -2.42. The summed E-state index contributed by atoms with van der Waals surface area (Å²) in [6.07, 6.45) is -5.66. The van der Waals surface area contributed by atoms with Crippen molar-refractivity contribution < 1.29 is 32.2 Å². The minimum atomic E-state index is -4.23. The molecule has 0 bridgehead atoms. The van der Waals surface area contributed by atoms with E-state index in [0.717, 1.165) is 0 Å². The van der Waals surface area contributed by atoms with Crippen molar-refractivity contribution in [2.45, 2.75) is 50.8 Å². The van der Waals surface area contributed by atoms with Crippen molar-refractivity contribution in [3.05, 3.63) is 29.0 Å². The van der Waals surface area contributed by atoms with Crippen molar-refractivity contribution >= 4 is 11.7 Å². The van der Waals surface area contributed by atoms with Gasteiger partial charge >= 0.3 is 12.3 Å². The number of hydrogen-bond acceptors (Lipinski definition) is 4. The van der Waals surface area contributed by atoms with E-state index in [2.05, 4.69) is 10.1 Å². The molecule has 2 aromatic heterocycles. The highest BCUT2D eigenvalue weighted by molar-refractivity contribution is 5.65. The molecule has 0 radical (unpaired) electrons. The third kappa shape index (κ3) is 3.82. The van der Waals surface area contributed by atoms with Crippen LogP contribution in [0.3, 0.4) is 0 Å². The number of morpholine rings is 1. The fourth-order valence-corrected chi connectivity index (χ4v) is 4.34. The minimum absolute atomic E-state index is 0.0195. The van der Waals surface area contributed by atoms with Crippen molar-refractivity contribution in [3.63, 3.8) is 0 Å². The number of rotatable bonds is 2. The van der Waals surface area contributed by atoms with Gasteiger partial charge < -0.3 is 14.7 Å². The van der Waals surface area contributed by atoms with Gasteiger partial charge in [-0.1, -0.05) is 0 Å². The average Bonchev–Trinajstić information content (AvgIpc) is 3.03. The summed E-state index contributed by atoms with van der Waals surface area (Å²) in [4.78, 5) is 16.8. The Hall–Kier alpha value is -2.43. The zero-order valence-corrected chi connectivity index (χ0v) is 16.3. The zero-order chi connectivity index (χ0) is 21.6. The first-order chi connectivity index (χ1) is 14.1. The molecule has 4 rings (SSSR count). The molecule has 30 heavy (non-hydrogen) atoms. The third-order valence-electron chi connectivity index (χ3n) is 5.96. The molecule has 2 fully saturated rings. The number of aromatic nitrogens is 3. The van der Waals surface area contributed by atoms with Crippen LogP contribution in [0.1, 0.15) is 54.8 Å². The van der Waals surface area contributed by atoms with Gasteiger partial charge in [0.2, 0.25) is 0 Å². The van der Waals surface area contributed by atoms with Gasteiger partial charge in [-0.2, -0.15) is 18.3 Å². The van der Waals surface area contributed by atoms with Crippen LogP contribution in [-0.2, 0) is 4.74 Å². The monoisotopic (exact) mass is 430 g/mol. The molecule has 1 aliphatic carbocycles. The number of nitrogens with zero attached hydrogens (tertiary/aromatic N) is 4. The van der Waals surface area contributed by atoms with Gasteiger partial charge in [-0.25, -0.2) is 18.7 Å². The van der Waals surface area contributed by atoms with E-state index >= 15 is 4.39 Å². The number of ether oxygens (including phenoxy) is 1. The first kappa shape index (κ1) is 20.8. The van der Waals surface area contributed by atoms with Crippen LogP contribution in [0, 0.1) is 18.7 Å². The second-order valence-electron chi connectivity index (χ2n) is 7.94. The molecule has 1 amide bonds. The normalized spacial score (nSPS) is 25.6. The van der Waals surface area contributed by atoms with E-state index in [4.69, 9.17) is 4.74 Å². The van der Waals surface area contributed by atoms with Gasteiger partial charge in [-0.05, 0) is 38.7 Å². The number of alkyl halides is 3. The van der Waals surface area contributed by atoms with E-state index in [1.54, 1.807) is 13.0 Å². The number of fused-ring (bicyclic) bond motifs is 1. The lowest BCUT2D eigenvalue weighted by molar-refractivity contribution is -0.182. The summed E-state index contributed by atoms with van der Waals surface area (Å²) < 4.78 is 61.0. The highest BCUT2D eigenvalue weighted by Crippen LogP contribution is 2.43. The quantitative estimate of drug-likeness (QED) is 0.727. The smallest absolute Gasteiger partial charge is 0.407 e. The molecule has 7 nitrogen and oxygen atoms in total. The van der Waals surface area contributed by atoms with Crippen molar-refractivity contribution in [3.8, 4) is 0 Å². The number of halogens is 4. The Morgan fingerprint density at radius 1 is 1.27 bits per heavy atom. The Morgan fingerprint density at radius 3 is 2.60 bits per heavy atom. The van der Waals surface area contributed by atoms with Gasteiger partial charge in [0, 0.05) is 18.2 Å². The van der Waals surface area contributed by atoms with Gasteiger partial charge in [0.05, 0.1) is 24.8 Å². The first-order valence-electron chi connectivity index (χ1n) is 9.87. The van der Waals surface area contributed by atoms with Crippen LogP contribution in [-0.4, -0.2) is 56.6 Å². The maximum absolute atomic E-state index is 15.2. The van der Waals surface area contributed by atoms with Crippen molar-refractivity contribution in [2.75, 3.05) is 19.7 Å². The number of amides is 1. The Balaban J connectivity index is 1.66. The van der Waals surface area contributed by atoms with Gasteiger partial charge in [0.15, 0.2) is 11.5 Å². The lowest BCUT2D eigenvalue weighted by atomic mass is 9.80. The molecule has 1 saturated heterocycles. The van der Waals surface area contributed by atoms with E-state index in [9.17, 15) is 23.1 Å². The molecule has 0 unspecified atom stereocenters. The second kappa shape index (κ2) is 7.68. The molecule has 1 aliphatic heterocycles. The molecule has 2 aromatic rings. The second-order valence-corrected chi connectivity index (χ2v) is 7.94. The number of carboxylic acid groups (broad SMARTS) is 1. The van der Waals surface area contributed by atoms with E-state index in [-0.39, 0.29) is 56.7 Å². The maximum Gasteiger partial charge on any atom is 0.407 e. The molecule has 0 spiro atoms. The van der Waals surface area contributed by atoms with Crippen molar-refractivity contribution in [2.24, 2.45) is 5.92 Å². The summed E-state index contributed by atoms with van der Waals surface area (Å²) in [7, 11) is 0. The highest BCUT2D eigenvalue weighted by Gasteiger charge is 2.42. The van der Waals surface area contributed by atoms with E-state index in [0.29, 0.717) is 11.4 Å². The summed E-state index contributed by atoms with van der Waals surface area (Å²) in [5.41, 5.74) is 1.08.